The lowest BCUT2D eigenvalue weighted by Gasteiger charge is -2.04. The van der Waals surface area contributed by atoms with Gasteiger partial charge in [0.1, 0.15) is 0 Å². The first-order valence-corrected chi connectivity index (χ1v) is 9.40. The lowest BCUT2D eigenvalue weighted by atomic mass is 10.2. The van der Waals surface area contributed by atoms with E-state index in [2.05, 4.69) is 25.7 Å². The molecule has 4 aromatic rings. The Bertz CT molecular complexity index is 1090. The molecule has 27 heavy (non-hydrogen) atoms. The molecule has 132 valence electrons. The van der Waals surface area contributed by atoms with Crippen molar-refractivity contribution in [3.05, 3.63) is 89.4 Å². The van der Waals surface area contributed by atoms with Crippen molar-refractivity contribution in [3.8, 4) is 0 Å². The van der Waals surface area contributed by atoms with Crippen LogP contribution in [0.5, 0.6) is 0 Å². The number of para-hydroxylation sites is 2. The zero-order chi connectivity index (χ0) is 18.5. The number of rotatable bonds is 4. The van der Waals surface area contributed by atoms with Gasteiger partial charge < -0.3 is 0 Å². The summed E-state index contributed by atoms with van der Waals surface area (Å²) in [6.45, 7) is 0. The first-order chi connectivity index (χ1) is 13.3. The molecule has 1 heterocycles. The lowest BCUT2D eigenvalue weighted by Crippen LogP contribution is -2.01. The van der Waals surface area contributed by atoms with Gasteiger partial charge in [-0.3, -0.25) is 5.43 Å². The van der Waals surface area contributed by atoms with Crippen LogP contribution < -0.4 is 5.43 Å². The van der Waals surface area contributed by atoms with E-state index in [4.69, 9.17) is 11.6 Å². The molecule has 0 bridgehead atoms. The Morgan fingerprint density at radius 3 is 2.44 bits per heavy atom. The Morgan fingerprint density at radius 2 is 1.63 bits per heavy atom. The molecule has 0 spiro atoms. The molecule has 0 fully saturated rings. The van der Waals surface area contributed by atoms with Crippen LogP contribution in [0.25, 0.3) is 10.2 Å². The quantitative estimate of drug-likeness (QED) is 0.186. The highest BCUT2D eigenvalue weighted by Crippen LogP contribution is 2.28. The Kier molecular flexibility index (Phi) is 5.18. The average Bonchev–Trinajstić information content (AvgIpc) is 3.13. The maximum absolute atomic E-state index is 6.18. The second kappa shape index (κ2) is 8.07. The second-order valence-electron chi connectivity index (χ2n) is 5.56. The van der Waals surface area contributed by atoms with Crippen molar-refractivity contribution in [1.82, 2.24) is 4.98 Å². The molecule has 0 aliphatic heterocycles. The van der Waals surface area contributed by atoms with Gasteiger partial charge in [0.2, 0.25) is 11.0 Å². The number of hydrazone groups is 1. The van der Waals surface area contributed by atoms with Crippen molar-refractivity contribution in [3.63, 3.8) is 0 Å². The van der Waals surface area contributed by atoms with Crippen molar-refractivity contribution < 1.29 is 0 Å². The zero-order valence-corrected chi connectivity index (χ0v) is 15.7. The van der Waals surface area contributed by atoms with Gasteiger partial charge in [0.15, 0.2) is 0 Å². The van der Waals surface area contributed by atoms with Crippen LogP contribution in [-0.4, -0.2) is 10.8 Å². The molecular weight excluding hydrogens is 378 g/mol. The van der Waals surface area contributed by atoms with Gasteiger partial charge in [-0.1, -0.05) is 77.5 Å². The number of amidine groups is 1. The van der Waals surface area contributed by atoms with Crippen molar-refractivity contribution in [1.29, 1.82) is 0 Å². The van der Waals surface area contributed by atoms with Crippen LogP contribution in [0.2, 0.25) is 5.02 Å². The fourth-order valence-corrected chi connectivity index (χ4v) is 3.36. The molecule has 0 saturated carbocycles. The average molecular weight is 392 g/mol. The highest BCUT2D eigenvalue weighted by atomic mass is 35.5. The van der Waals surface area contributed by atoms with Crippen molar-refractivity contribution in [2.45, 2.75) is 0 Å². The maximum atomic E-state index is 6.18. The second-order valence-corrected chi connectivity index (χ2v) is 6.97. The number of nitrogens with one attached hydrogen (secondary N) is 1. The van der Waals surface area contributed by atoms with E-state index in [1.165, 1.54) is 11.3 Å². The van der Waals surface area contributed by atoms with Gasteiger partial charge in [0.05, 0.1) is 20.9 Å². The number of nitrogens with zero attached hydrogens (tertiary/aromatic N) is 4. The summed E-state index contributed by atoms with van der Waals surface area (Å²) in [7, 11) is 0. The van der Waals surface area contributed by atoms with E-state index in [-0.39, 0.29) is 0 Å². The molecule has 7 heteroatoms. The predicted octanol–water partition coefficient (Wildman–Crippen LogP) is 6.51. The Hall–Kier alpha value is -3.09. The molecule has 0 amide bonds. The maximum Gasteiger partial charge on any atom is 0.231 e. The number of thiazole rings is 1. The number of hydrogen-bond acceptors (Lipinski definition) is 5. The summed E-state index contributed by atoms with van der Waals surface area (Å²) in [5.74, 6) is 0.440. The van der Waals surface area contributed by atoms with Gasteiger partial charge in [-0.2, -0.15) is 5.10 Å². The fraction of sp³-hybridized carbons (Fsp3) is 0. The normalized spacial score (nSPS) is 12.0. The minimum Gasteiger partial charge on any atom is -0.275 e. The van der Waals surface area contributed by atoms with Gasteiger partial charge in [0.25, 0.3) is 0 Å². The zero-order valence-electron chi connectivity index (χ0n) is 14.1. The van der Waals surface area contributed by atoms with Crippen molar-refractivity contribution in [2.24, 2.45) is 15.3 Å². The van der Waals surface area contributed by atoms with E-state index >= 15 is 0 Å². The number of fused-ring (bicyclic) bond motifs is 1. The summed E-state index contributed by atoms with van der Waals surface area (Å²) in [5, 5.41) is 14.2. The first kappa shape index (κ1) is 17.3. The standard InChI is InChI=1S/C20H14ClN5S/c21-15-10-4-5-11-16(15)23-24-19(14-8-2-1-3-9-14)25-26-20-22-17-12-6-7-13-18(17)27-20/h1-13,23H/b24-19+,26-25?. The highest BCUT2D eigenvalue weighted by molar-refractivity contribution is 7.21. The molecule has 0 saturated heterocycles. The summed E-state index contributed by atoms with van der Waals surface area (Å²) in [6.07, 6.45) is 0. The molecule has 1 aromatic heterocycles. The van der Waals surface area contributed by atoms with E-state index in [9.17, 15) is 0 Å². The third-order valence-electron chi connectivity index (χ3n) is 3.70. The molecule has 3 aromatic carbocycles. The molecule has 1 N–H and O–H groups in total. The molecule has 0 unspecified atom stereocenters. The summed E-state index contributed by atoms with van der Waals surface area (Å²) in [6, 6.07) is 24.9. The molecular formula is C20H14ClN5S. The number of halogens is 1. The van der Waals surface area contributed by atoms with Crippen molar-refractivity contribution in [2.75, 3.05) is 5.43 Å². The van der Waals surface area contributed by atoms with E-state index in [0.717, 1.165) is 15.8 Å². The summed E-state index contributed by atoms with van der Waals surface area (Å²) < 4.78 is 1.07. The fourth-order valence-electron chi connectivity index (χ4n) is 2.39. The van der Waals surface area contributed by atoms with Gasteiger partial charge in [-0.25, -0.2) is 4.98 Å². The highest BCUT2D eigenvalue weighted by Gasteiger charge is 2.06. The molecule has 0 aliphatic carbocycles. The van der Waals surface area contributed by atoms with Gasteiger partial charge in [-0.05, 0) is 24.3 Å². The third kappa shape index (κ3) is 4.19. The molecule has 4 rings (SSSR count). The molecule has 0 aliphatic rings. The number of azo groups is 1. The number of benzene rings is 3. The van der Waals surface area contributed by atoms with Crippen LogP contribution in [0.15, 0.2) is 94.2 Å². The Morgan fingerprint density at radius 1 is 0.889 bits per heavy atom. The lowest BCUT2D eigenvalue weighted by molar-refractivity contribution is 1.21. The largest absolute Gasteiger partial charge is 0.275 e. The minimum absolute atomic E-state index is 0.440. The smallest absolute Gasteiger partial charge is 0.231 e. The van der Waals surface area contributed by atoms with E-state index in [0.29, 0.717) is 21.7 Å². The number of aromatic nitrogens is 1. The van der Waals surface area contributed by atoms with Gasteiger partial charge >= 0.3 is 0 Å². The third-order valence-corrected chi connectivity index (χ3v) is 4.95. The SMILES string of the molecule is Clc1ccccc1N/N=C(/N=Nc1nc2ccccc2s1)c1ccccc1. The van der Waals surface area contributed by atoms with Crippen LogP contribution >= 0.6 is 22.9 Å². The monoisotopic (exact) mass is 391 g/mol. The molecule has 0 radical (unpaired) electrons. The van der Waals surface area contributed by atoms with Crippen molar-refractivity contribution >= 4 is 49.8 Å². The van der Waals surface area contributed by atoms with E-state index in [1.54, 1.807) is 6.07 Å². The predicted molar refractivity (Wildman–Crippen MR) is 112 cm³/mol. The topological polar surface area (TPSA) is 62.0 Å². The summed E-state index contributed by atoms with van der Waals surface area (Å²) >= 11 is 7.66. The van der Waals surface area contributed by atoms with Crippen LogP contribution in [0.1, 0.15) is 5.56 Å². The van der Waals surface area contributed by atoms with Crippen LogP contribution in [0, 0.1) is 0 Å². The molecule has 5 nitrogen and oxygen atoms in total. The van der Waals surface area contributed by atoms with Gasteiger partial charge in [0, 0.05) is 5.56 Å². The van der Waals surface area contributed by atoms with Gasteiger partial charge in [-0.15, -0.1) is 10.2 Å². The minimum atomic E-state index is 0.440. The van der Waals surface area contributed by atoms with Crippen LogP contribution in [0.3, 0.4) is 0 Å². The van der Waals surface area contributed by atoms with Crippen LogP contribution in [0.4, 0.5) is 10.8 Å². The number of hydrogen-bond donors (Lipinski definition) is 1. The van der Waals surface area contributed by atoms with Crippen LogP contribution in [-0.2, 0) is 0 Å². The Balaban J connectivity index is 1.65. The molecule has 0 atom stereocenters. The summed E-state index contributed by atoms with van der Waals surface area (Å²) in [5.41, 5.74) is 5.40. The number of anilines is 1. The van der Waals surface area contributed by atoms with E-state index < -0.39 is 0 Å². The van der Waals surface area contributed by atoms with E-state index in [1.807, 2.05) is 72.8 Å². The summed E-state index contributed by atoms with van der Waals surface area (Å²) in [4.78, 5) is 4.47. The Labute approximate surface area is 165 Å². The first-order valence-electron chi connectivity index (χ1n) is 8.20.